The van der Waals surface area contributed by atoms with Crippen LogP contribution in [0.2, 0.25) is 0 Å². The smallest absolute Gasteiger partial charge is 0.150 e. The number of pyridine rings is 2. The van der Waals surface area contributed by atoms with Gasteiger partial charge in [-0.05, 0) is 47.4 Å². The fraction of sp³-hybridized carbons (Fsp3) is 0.160. The van der Waals surface area contributed by atoms with Crippen molar-refractivity contribution in [3.63, 3.8) is 0 Å². The van der Waals surface area contributed by atoms with Crippen molar-refractivity contribution in [3.8, 4) is 11.1 Å². The van der Waals surface area contributed by atoms with E-state index in [1.807, 2.05) is 36.4 Å². The van der Waals surface area contributed by atoms with Crippen LogP contribution in [0.3, 0.4) is 0 Å². The van der Waals surface area contributed by atoms with Gasteiger partial charge in [0.2, 0.25) is 0 Å². The van der Waals surface area contributed by atoms with Gasteiger partial charge in [0.1, 0.15) is 22.7 Å². The summed E-state index contributed by atoms with van der Waals surface area (Å²) in [6.07, 6.45) is 5.24. The van der Waals surface area contributed by atoms with Gasteiger partial charge >= 0.3 is 0 Å². The van der Waals surface area contributed by atoms with Crippen LogP contribution < -0.4 is 5.73 Å². The Morgan fingerprint density at radius 2 is 1.74 bits per heavy atom. The third-order valence-electron chi connectivity index (χ3n) is 5.33. The normalized spacial score (nSPS) is 11.4. The number of hydrogen-bond acceptors (Lipinski definition) is 5. The highest BCUT2D eigenvalue weighted by Gasteiger charge is 2.12. The van der Waals surface area contributed by atoms with Gasteiger partial charge < -0.3 is 15.5 Å². The lowest BCUT2D eigenvalue weighted by atomic mass is 10.0. The molecule has 31 heavy (non-hydrogen) atoms. The number of aromatic nitrogens is 4. The number of anilines is 1. The average Bonchev–Trinajstić information content (AvgIpc) is 3.25. The molecule has 0 aliphatic heterocycles. The Labute approximate surface area is 180 Å². The molecule has 0 amide bonds. The third kappa shape index (κ3) is 4.11. The molecule has 0 fully saturated rings. The third-order valence-corrected chi connectivity index (χ3v) is 5.33. The lowest BCUT2D eigenvalue weighted by molar-refractivity contribution is 0.118. The lowest BCUT2D eigenvalue weighted by Gasteiger charge is -2.05. The highest BCUT2D eigenvalue weighted by Crippen LogP contribution is 2.30. The maximum Gasteiger partial charge on any atom is 0.150 e. The molecule has 6 heteroatoms. The summed E-state index contributed by atoms with van der Waals surface area (Å²) in [6, 6.07) is 20.4. The molecule has 3 heterocycles. The van der Waals surface area contributed by atoms with E-state index in [-0.39, 0.29) is 0 Å². The fourth-order valence-corrected chi connectivity index (χ4v) is 3.76. The van der Waals surface area contributed by atoms with E-state index in [4.69, 9.17) is 15.5 Å². The maximum absolute atomic E-state index is 6.25. The minimum Gasteiger partial charge on any atom is -0.382 e. The van der Waals surface area contributed by atoms with Crippen LogP contribution in [-0.4, -0.2) is 26.5 Å². The standard InChI is InChI=1S/C25H23N5O/c26-25-24-23(20-9-8-19(15-21(20)28-25)18-10-12-27-13-11-18)29-22(30-24)7-4-14-31-16-17-5-2-1-3-6-17/h1-3,5-6,8-13,15H,4,7,14,16H2,(H2,26,28)(H,29,30). The quantitative estimate of drug-likeness (QED) is 0.373. The molecule has 3 aromatic heterocycles. The number of imidazole rings is 1. The molecule has 154 valence electrons. The number of benzene rings is 2. The number of nitrogens with two attached hydrogens (primary N) is 1. The molecule has 0 aliphatic rings. The Balaban J connectivity index is 1.32. The van der Waals surface area contributed by atoms with Crippen LogP contribution in [0.1, 0.15) is 17.8 Å². The molecular weight excluding hydrogens is 386 g/mol. The predicted molar refractivity (Wildman–Crippen MR) is 123 cm³/mol. The van der Waals surface area contributed by atoms with Crippen LogP contribution >= 0.6 is 0 Å². The molecule has 3 N–H and O–H groups in total. The second-order valence-electron chi connectivity index (χ2n) is 7.51. The Kier molecular flexibility index (Phi) is 5.29. The van der Waals surface area contributed by atoms with E-state index >= 15 is 0 Å². The number of H-pyrrole nitrogens is 1. The molecule has 0 atom stereocenters. The topological polar surface area (TPSA) is 89.7 Å². The molecular formula is C25H23N5O. The largest absolute Gasteiger partial charge is 0.382 e. The van der Waals surface area contributed by atoms with Crippen molar-refractivity contribution in [1.29, 1.82) is 0 Å². The summed E-state index contributed by atoms with van der Waals surface area (Å²) in [5, 5.41) is 0.991. The number of rotatable bonds is 7. The highest BCUT2D eigenvalue weighted by molar-refractivity contribution is 6.07. The lowest BCUT2D eigenvalue weighted by Crippen LogP contribution is -1.98. The molecule has 0 spiro atoms. The SMILES string of the molecule is Nc1nc2cc(-c3ccncc3)ccc2c2nc(CCCOCc3ccccc3)[nH]c12. The van der Waals surface area contributed by atoms with Crippen LogP contribution in [0.5, 0.6) is 0 Å². The first-order valence-corrected chi connectivity index (χ1v) is 10.4. The van der Waals surface area contributed by atoms with Gasteiger partial charge in [0.25, 0.3) is 0 Å². The van der Waals surface area contributed by atoms with Crippen molar-refractivity contribution in [1.82, 2.24) is 19.9 Å². The van der Waals surface area contributed by atoms with E-state index in [0.29, 0.717) is 19.0 Å². The molecule has 5 rings (SSSR count). The Bertz CT molecular complexity index is 1320. The van der Waals surface area contributed by atoms with E-state index in [1.165, 1.54) is 5.56 Å². The minimum absolute atomic E-state index is 0.466. The molecule has 0 bridgehead atoms. The van der Waals surface area contributed by atoms with E-state index in [0.717, 1.165) is 51.7 Å². The minimum atomic E-state index is 0.466. The predicted octanol–water partition coefficient (Wildman–Crippen LogP) is 4.90. The number of nitrogens with zero attached hydrogens (tertiary/aromatic N) is 3. The van der Waals surface area contributed by atoms with Crippen LogP contribution in [0, 0.1) is 0 Å². The second kappa shape index (κ2) is 8.53. The number of aromatic amines is 1. The molecule has 0 unspecified atom stereocenters. The van der Waals surface area contributed by atoms with Gasteiger partial charge in [-0.1, -0.05) is 36.4 Å². The summed E-state index contributed by atoms with van der Waals surface area (Å²) in [4.78, 5) is 16.9. The number of fused-ring (bicyclic) bond motifs is 3. The van der Waals surface area contributed by atoms with Gasteiger partial charge in [-0.25, -0.2) is 9.97 Å². The Hall–Kier alpha value is -3.77. The highest BCUT2D eigenvalue weighted by atomic mass is 16.5. The Morgan fingerprint density at radius 3 is 2.58 bits per heavy atom. The van der Waals surface area contributed by atoms with Crippen LogP contribution in [0.25, 0.3) is 33.1 Å². The first kappa shape index (κ1) is 19.2. The average molecular weight is 409 g/mol. The van der Waals surface area contributed by atoms with Crippen molar-refractivity contribution in [3.05, 3.63) is 84.4 Å². The summed E-state index contributed by atoms with van der Waals surface area (Å²) in [6.45, 7) is 1.30. The fourth-order valence-electron chi connectivity index (χ4n) is 3.76. The number of nitrogens with one attached hydrogen (secondary N) is 1. The first-order chi connectivity index (χ1) is 15.3. The van der Waals surface area contributed by atoms with Gasteiger partial charge in [-0.3, -0.25) is 4.98 Å². The van der Waals surface area contributed by atoms with Crippen molar-refractivity contribution in [2.75, 3.05) is 12.3 Å². The Morgan fingerprint density at radius 1 is 0.903 bits per heavy atom. The molecule has 2 aromatic carbocycles. The molecule has 5 aromatic rings. The van der Waals surface area contributed by atoms with Crippen molar-refractivity contribution in [2.24, 2.45) is 0 Å². The summed E-state index contributed by atoms with van der Waals surface area (Å²) in [5.74, 6) is 1.37. The molecule has 0 radical (unpaired) electrons. The summed E-state index contributed by atoms with van der Waals surface area (Å²) in [5.41, 5.74) is 12.1. The first-order valence-electron chi connectivity index (χ1n) is 10.4. The number of nitrogen functional groups attached to an aromatic ring is 1. The molecule has 6 nitrogen and oxygen atoms in total. The van der Waals surface area contributed by atoms with Crippen molar-refractivity contribution in [2.45, 2.75) is 19.4 Å². The maximum atomic E-state index is 6.25. The summed E-state index contributed by atoms with van der Waals surface area (Å²) in [7, 11) is 0. The molecule has 0 saturated carbocycles. The van der Waals surface area contributed by atoms with E-state index in [1.54, 1.807) is 12.4 Å². The van der Waals surface area contributed by atoms with E-state index in [2.05, 4.69) is 39.2 Å². The van der Waals surface area contributed by atoms with Gasteiger partial charge in [0.05, 0.1) is 12.1 Å². The molecule has 0 aliphatic carbocycles. The summed E-state index contributed by atoms with van der Waals surface area (Å²) >= 11 is 0. The van der Waals surface area contributed by atoms with Gasteiger partial charge in [-0.2, -0.15) is 0 Å². The van der Waals surface area contributed by atoms with E-state index < -0.39 is 0 Å². The van der Waals surface area contributed by atoms with Crippen molar-refractivity contribution < 1.29 is 4.74 Å². The van der Waals surface area contributed by atoms with Crippen molar-refractivity contribution >= 4 is 27.8 Å². The van der Waals surface area contributed by atoms with Gasteiger partial charge in [0, 0.05) is 30.8 Å². The van der Waals surface area contributed by atoms with Crippen LogP contribution in [0.15, 0.2) is 73.1 Å². The second-order valence-corrected chi connectivity index (χ2v) is 7.51. The van der Waals surface area contributed by atoms with Crippen LogP contribution in [0.4, 0.5) is 5.82 Å². The van der Waals surface area contributed by atoms with Gasteiger partial charge in [0.15, 0.2) is 0 Å². The van der Waals surface area contributed by atoms with E-state index in [9.17, 15) is 0 Å². The summed E-state index contributed by atoms with van der Waals surface area (Å²) < 4.78 is 5.78. The number of aryl methyl sites for hydroxylation is 1. The zero-order chi connectivity index (χ0) is 21.0. The van der Waals surface area contributed by atoms with Gasteiger partial charge in [-0.15, -0.1) is 0 Å². The monoisotopic (exact) mass is 409 g/mol. The zero-order valence-electron chi connectivity index (χ0n) is 17.1. The number of hydrogen-bond donors (Lipinski definition) is 2. The van der Waals surface area contributed by atoms with Crippen LogP contribution in [-0.2, 0) is 17.8 Å². The molecule has 0 saturated heterocycles. The zero-order valence-corrected chi connectivity index (χ0v) is 17.1. The number of ether oxygens (including phenoxy) is 1.